The molecule has 1 aromatic heterocycles. The number of carbonyl (C=O) groups excluding carboxylic acids is 1. The zero-order chi connectivity index (χ0) is 15.6. The third-order valence-corrected chi connectivity index (χ3v) is 5.82. The van der Waals surface area contributed by atoms with E-state index in [9.17, 15) is 4.79 Å². The number of carbonyl (C=O) groups is 1. The summed E-state index contributed by atoms with van der Waals surface area (Å²) in [5.41, 5.74) is 2.50. The fourth-order valence-corrected chi connectivity index (χ4v) is 4.60. The SMILES string of the molecule is O=C(C[C@@H]1CCCO1)N1CCc2sccc2[C@H]1c1ccccc1. The van der Waals surface area contributed by atoms with Crippen molar-refractivity contribution < 1.29 is 9.53 Å². The molecule has 1 saturated heterocycles. The Morgan fingerprint density at radius 3 is 2.91 bits per heavy atom. The van der Waals surface area contributed by atoms with Crippen LogP contribution in [-0.2, 0) is 16.0 Å². The van der Waals surface area contributed by atoms with Gasteiger partial charge in [0.1, 0.15) is 0 Å². The molecule has 23 heavy (non-hydrogen) atoms. The van der Waals surface area contributed by atoms with Gasteiger partial charge in [-0.2, -0.15) is 0 Å². The molecule has 2 atom stereocenters. The first-order chi connectivity index (χ1) is 11.3. The van der Waals surface area contributed by atoms with E-state index >= 15 is 0 Å². The van der Waals surface area contributed by atoms with Crippen molar-refractivity contribution in [2.75, 3.05) is 13.2 Å². The van der Waals surface area contributed by atoms with Crippen LogP contribution in [0.4, 0.5) is 0 Å². The minimum absolute atomic E-state index is 0.0557. The largest absolute Gasteiger partial charge is 0.378 e. The van der Waals surface area contributed by atoms with E-state index < -0.39 is 0 Å². The minimum atomic E-state index is 0.0557. The minimum Gasteiger partial charge on any atom is -0.378 e. The van der Waals surface area contributed by atoms with E-state index in [1.165, 1.54) is 16.0 Å². The molecule has 4 heteroatoms. The second-order valence-corrected chi connectivity index (χ2v) is 7.29. The van der Waals surface area contributed by atoms with Crippen LogP contribution in [0.3, 0.4) is 0 Å². The maximum absolute atomic E-state index is 12.9. The zero-order valence-electron chi connectivity index (χ0n) is 13.1. The second kappa shape index (κ2) is 6.46. The van der Waals surface area contributed by atoms with Gasteiger partial charge in [-0.1, -0.05) is 30.3 Å². The molecule has 1 aromatic carbocycles. The van der Waals surface area contributed by atoms with Crippen LogP contribution in [0.15, 0.2) is 41.8 Å². The summed E-state index contributed by atoms with van der Waals surface area (Å²) in [6, 6.07) is 12.6. The van der Waals surface area contributed by atoms with Crippen molar-refractivity contribution in [3.63, 3.8) is 0 Å². The Kier molecular flexibility index (Phi) is 4.19. The number of benzene rings is 1. The molecule has 120 valence electrons. The normalized spacial score (nSPS) is 23.7. The Morgan fingerprint density at radius 1 is 1.26 bits per heavy atom. The fraction of sp³-hybridized carbons (Fsp3) is 0.421. The molecule has 2 aliphatic rings. The lowest BCUT2D eigenvalue weighted by atomic mass is 9.92. The van der Waals surface area contributed by atoms with Gasteiger partial charge in [0.2, 0.25) is 5.91 Å². The van der Waals surface area contributed by atoms with Crippen molar-refractivity contribution in [3.05, 3.63) is 57.8 Å². The van der Waals surface area contributed by atoms with Crippen molar-refractivity contribution in [1.29, 1.82) is 0 Å². The molecule has 2 aliphatic heterocycles. The number of amides is 1. The maximum atomic E-state index is 12.9. The van der Waals surface area contributed by atoms with Crippen LogP contribution in [0.25, 0.3) is 0 Å². The van der Waals surface area contributed by atoms with Crippen LogP contribution in [0.1, 0.15) is 41.3 Å². The number of fused-ring (bicyclic) bond motifs is 1. The highest BCUT2D eigenvalue weighted by atomic mass is 32.1. The Labute approximate surface area is 140 Å². The molecule has 4 rings (SSSR count). The third-order valence-electron chi connectivity index (χ3n) is 4.83. The Balaban J connectivity index is 1.63. The molecule has 0 N–H and O–H groups in total. The fourth-order valence-electron chi connectivity index (χ4n) is 3.70. The van der Waals surface area contributed by atoms with Gasteiger partial charge in [-0.15, -0.1) is 11.3 Å². The first-order valence-corrected chi connectivity index (χ1v) is 9.23. The van der Waals surface area contributed by atoms with Crippen molar-refractivity contribution in [3.8, 4) is 0 Å². The molecular weight excluding hydrogens is 306 g/mol. The van der Waals surface area contributed by atoms with Gasteiger partial charge in [-0.25, -0.2) is 0 Å². The molecule has 0 bridgehead atoms. The monoisotopic (exact) mass is 327 g/mol. The van der Waals surface area contributed by atoms with Gasteiger partial charge in [0.25, 0.3) is 0 Å². The van der Waals surface area contributed by atoms with Crippen LogP contribution >= 0.6 is 11.3 Å². The van der Waals surface area contributed by atoms with Crippen LogP contribution < -0.4 is 0 Å². The van der Waals surface area contributed by atoms with E-state index in [-0.39, 0.29) is 18.1 Å². The number of ether oxygens (including phenoxy) is 1. The lowest BCUT2D eigenvalue weighted by Crippen LogP contribution is -2.41. The molecule has 3 nitrogen and oxygen atoms in total. The standard InChI is InChI=1S/C19H21NO2S/c21-18(13-15-7-4-11-22-15)20-10-8-17-16(9-12-23-17)19(20)14-5-2-1-3-6-14/h1-3,5-6,9,12,15,19H,4,7-8,10-11,13H2/t15-,19+/m0/s1. The first-order valence-electron chi connectivity index (χ1n) is 8.35. The third kappa shape index (κ3) is 2.93. The Morgan fingerprint density at radius 2 is 2.13 bits per heavy atom. The molecule has 3 heterocycles. The number of rotatable bonds is 3. The molecular formula is C19H21NO2S. The van der Waals surface area contributed by atoms with E-state index in [4.69, 9.17) is 4.74 Å². The summed E-state index contributed by atoms with van der Waals surface area (Å²) in [6.07, 6.45) is 3.69. The van der Waals surface area contributed by atoms with Crippen LogP contribution in [0.5, 0.6) is 0 Å². The summed E-state index contributed by atoms with van der Waals surface area (Å²) in [5.74, 6) is 0.225. The van der Waals surface area contributed by atoms with Gasteiger partial charge in [-0.3, -0.25) is 4.79 Å². The second-order valence-electron chi connectivity index (χ2n) is 6.29. The van der Waals surface area contributed by atoms with Gasteiger partial charge in [0.05, 0.1) is 18.6 Å². The van der Waals surface area contributed by atoms with Crippen molar-refractivity contribution in [2.24, 2.45) is 0 Å². The van der Waals surface area contributed by atoms with Crippen molar-refractivity contribution in [1.82, 2.24) is 4.90 Å². The maximum Gasteiger partial charge on any atom is 0.225 e. The number of nitrogens with zero attached hydrogens (tertiary/aromatic N) is 1. The van der Waals surface area contributed by atoms with Gasteiger partial charge < -0.3 is 9.64 Å². The summed E-state index contributed by atoms with van der Waals surface area (Å²) in [6.45, 7) is 1.60. The van der Waals surface area contributed by atoms with E-state index in [0.717, 1.165) is 32.4 Å². The van der Waals surface area contributed by atoms with Gasteiger partial charge in [-0.05, 0) is 41.8 Å². The quantitative estimate of drug-likeness (QED) is 0.858. The van der Waals surface area contributed by atoms with Gasteiger partial charge >= 0.3 is 0 Å². The zero-order valence-corrected chi connectivity index (χ0v) is 13.9. The number of thiophene rings is 1. The molecule has 0 radical (unpaired) electrons. The molecule has 0 unspecified atom stereocenters. The van der Waals surface area contributed by atoms with E-state index in [1.54, 1.807) is 0 Å². The van der Waals surface area contributed by atoms with Crippen molar-refractivity contribution in [2.45, 2.75) is 37.8 Å². The molecule has 1 amide bonds. The van der Waals surface area contributed by atoms with Crippen LogP contribution in [-0.4, -0.2) is 30.1 Å². The lowest BCUT2D eigenvalue weighted by molar-refractivity contribution is -0.135. The number of hydrogen-bond acceptors (Lipinski definition) is 3. The van der Waals surface area contributed by atoms with Crippen LogP contribution in [0, 0.1) is 0 Å². The average Bonchev–Trinajstić information content (AvgIpc) is 3.25. The predicted octanol–water partition coefficient (Wildman–Crippen LogP) is 3.79. The Hall–Kier alpha value is -1.65. The highest BCUT2D eigenvalue weighted by Gasteiger charge is 2.34. The average molecular weight is 327 g/mol. The smallest absolute Gasteiger partial charge is 0.225 e. The summed E-state index contributed by atoms with van der Waals surface area (Å²) < 4.78 is 5.66. The number of hydrogen-bond donors (Lipinski definition) is 0. The highest BCUT2D eigenvalue weighted by Crippen LogP contribution is 2.38. The summed E-state index contributed by atoms with van der Waals surface area (Å²) in [7, 11) is 0. The van der Waals surface area contributed by atoms with Crippen molar-refractivity contribution >= 4 is 17.2 Å². The van der Waals surface area contributed by atoms with Crippen LogP contribution in [0.2, 0.25) is 0 Å². The predicted molar refractivity (Wildman–Crippen MR) is 91.6 cm³/mol. The molecule has 0 spiro atoms. The molecule has 1 fully saturated rings. The van der Waals surface area contributed by atoms with E-state index in [1.807, 2.05) is 17.4 Å². The van der Waals surface area contributed by atoms with E-state index in [0.29, 0.717) is 6.42 Å². The first kappa shape index (κ1) is 14.9. The summed E-state index contributed by atoms with van der Waals surface area (Å²) in [5, 5.41) is 2.15. The highest BCUT2D eigenvalue weighted by molar-refractivity contribution is 7.10. The summed E-state index contributed by atoms with van der Waals surface area (Å²) >= 11 is 1.81. The summed E-state index contributed by atoms with van der Waals surface area (Å²) in [4.78, 5) is 16.4. The lowest BCUT2D eigenvalue weighted by Gasteiger charge is -2.37. The van der Waals surface area contributed by atoms with E-state index in [2.05, 4.69) is 40.6 Å². The van der Waals surface area contributed by atoms with Gasteiger partial charge in [0, 0.05) is 18.0 Å². The molecule has 0 saturated carbocycles. The Bertz CT molecular complexity index is 676. The molecule has 2 aromatic rings. The topological polar surface area (TPSA) is 29.5 Å². The van der Waals surface area contributed by atoms with Gasteiger partial charge in [0.15, 0.2) is 0 Å². The molecule has 0 aliphatic carbocycles.